The number of carbonyl (C=O) groups excluding carboxylic acids is 1. The predicted molar refractivity (Wildman–Crippen MR) is 40.7 cm³/mol. The zero-order valence-corrected chi connectivity index (χ0v) is 6.45. The highest BCUT2D eigenvalue weighted by molar-refractivity contribution is 5.55. The molecule has 2 heteroatoms. The number of hydrogen-bond acceptors (Lipinski definition) is 2. The fourth-order valence-electron chi connectivity index (χ4n) is 0.485. The maximum Gasteiger partial charge on any atom is 0.126 e. The maximum absolute atomic E-state index is 10.1. The lowest BCUT2D eigenvalue weighted by Crippen LogP contribution is -2.00. The molecule has 0 aromatic rings. The van der Waals surface area contributed by atoms with Crippen LogP contribution in [0.1, 0.15) is 20.3 Å². The van der Waals surface area contributed by atoms with Gasteiger partial charge >= 0.3 is 0 Å². The van der Waals surface area contributed by atoms with E-state index in [4.69, 9.17) is 5.11 Å². The Morgan fingerprint density at radius 1 is 1.50 bits per heavy atom. The van der Waals surface area contributed by atoms with Gasteiger partial charge in [-0.2, -0.15) is 0 Å². The van der Waals surface area contributed by atoms with Crippen LogP contribution < -0.4 is 0 Å². The van der Waals surface area contributed by atoms with Gasteiger partial charge in [-0.3, -0.25) is 0 Å². The number of carbonyl (C=O) groups is 1. The average molecular weight is 142 g/mol. The number of aliphatic hydroxyl groups is 1. The molecule has 10 heavy (non-hydrogen) atoms. The number of allylic oxidation sites excluding steroid dienone is 1. The van der Waals surface area contributed by atoms with Crippen molar-refractivity contribution in [2.75, 3.05) is 0 Å². The quantitative estimate of drug-likeness (QED) is 0.472. The molecule has 0 fully saturated rings. The van der Waals surface area contributed by atoms with Crippen LogP contribution in [0.5, 0.6) is 0 Å². The van der Waals surface area contributed by atoms with Crippen molar-refractivity contribution in [1.29, 1.82) is 0 Å². The zero-order valence-electron chi connectivity index (χ0n) is 6.45. The first-order valence-electron chi connectivity index (χ1n) is 3.52. The highest BCUT2D eigenvalue weighted by Crippen LogP contribution is 1.96. The van der Waals surface area contributed by atoms with E-state index >= 15 is 0 Å². The molecule has 0 radical (unpaired) electrons. The average Bonchev–Trinajstić information content (AvgIpc) is 1.99. The van der Waals surface area contributed by atoms with E-state index in [1.165, 1.54) is 0 Å². The highest BCUT2D eigenvalue weighted by Gasteiger charge is 1.95. The molecule has 0 saturated heterocycles. The van der Waals surface area contributed by atoms with Crippen molar-refractivity contribution in [2.24, 2.45) is 5.92 Å². The summed E-state index contributed by atoms with van der Waals surface area (Å²) in [5.74, 6) is -0.0822. The largest absolute Gasteiger partial charge is 0.389 e. The van der Waals surface area contributed by atoms with Crippen LogP contribution in [-0.2, 0) is 4.79 Å². The van der Waals surface area contributed by atoms with Crippen molar-refractivity contribution >= 4 is 6.29 Å². The van der Waals surface area contributed by atoms with Gasteiger partial charge in [0.25, 0.3) is 0 Å². The van der Waals surface area contributed by atoms with Crippen molar-refractivity contribution in [3.05, 3.63) is 12.2 Å². The summed E-state index contributed by atoms with van der Waals surface area (Å²) < 4.78 is 0. The molecule has 0 amide bonds. The molecule has 0 spiro atoms. The molecular weight excluding hydrogens is 128 g/mol. The second kappa shape index (κ2) is 5.18. The second-order valence-electron chi connectivity index (χ2n) is 2.36. The summed E-state index contributed by atoms with van der Waals surface area (Å²) in [6.07, 6.45) is 4.50. The van der Waals surface area contributed by atoms with E-state index in [-0.39, 0.29) is 5.92 Å². The summed E-state index contributed by atoms with van der Waals surface area (Å²) >= 11 is 0. The van der Waals surface area contributed by atoms with E-state index < -0.39 is 6.10 Å². The molecule has 0 rings (SSSR count). The van der Waals surface area contributed by atoms with Crippen molar-refractivity contribution in [3.8, 4) is 0 Å². The van der Waals surface area contributed by atoms with Crippen LogP contribution in [0, 0.1) is 5.92 Å². The van der Waals surface area contributed by atoms with Gasteiger partial charge in [-0.15, -0.1) is 0 Å². The number of aldehydes is 1. The van der Waals surface area contributed by atoms with E-state index in [2.05, 4.69) is 0 Å². The molecule has 0 bridgehead atoms. The van der Waals surface area contributed by atoms with Gasteiger partial charge in [0.2, 0.25) is 0 Å². The van der Waals surface area contributed by atoms with Gasteiger partial charge in [-0.1, -0.05) is 26.0 Å². The fraction of sp³-hybridized carbons (Fsp3) is 0.625. The Hall–Kier alpha value is -0.630. The van der Waals surface area contributed by atoms with Crippen LogP contribution in [0.4, 0.5) is 0 Å². The van der Waals surface area contributed by atoms with Crippen LogP contribution >= 0.6 is 0 Å². The maximum atomic E-state index is 10.1. The smallest absolute Gasteiger partial charge is 0.126 e. The first-order chi connectivity index (χ1) is 4.70. The van der Waals surface area contributed by atoms with Crippen molar-refractivity contribution in [3.63, 3.8) is 0 Å². The lowest BCUT2D eigenvalue weighted by molar-refractivity contribution is -0.109. The lowest BCUT2D eigenvalue weighted by atomic mass is 10.1. The van der Waals surface area contributed by atoms with Gasteiger partial charge in [0.15, 0.2) is 0 Å². The minimum atomic E-state index is -0.401. The van der Waals surface area contributed by atoms with E-state index in [1.807, 2.05) is 6.92 Å². The first-order valence-corrected chi connectivity index (χ1v) is 3.52. The van der Waals surface area contributed by atoms with Crippen LogP contribution in [0.2, 0.25) is 0 Å². The van der Waals surface area contributed by atoms with Crippen LogP contribution in [0.3, 0.4) is 0 Å². The molecular formula is C8H14O2. The minimum absolute atomic E-state index is 0.0822. The second-order valence-corrected chi connectivity index (χ2v) is 2.36. The lowest BCUT2D eigenvalue weighted by Gasteiger charge is -1.99. The summed E-state index contributed by atoms with van der Waals surface area (Å²) in [5.41, 5.74) is 0. The Kier molecular flexibility index (Phi) is 4.85. The predicted octanol–water partition coefficient (Wildman–Crippen LogP) is 1.15. The monoisotopic (exact) mass is 142 g/mol. The van der Waals surface area contributed by atoms with Crippen LogP contribution in [-0.4, -0.2) is 17.5 Å². The van der Waals surface area contributed by atoms with E-state index in [0.29, 0.717) is 6.42 Å². The third-order valence-electron chi connectivity index (χ3n) is 1.27. The molecule has 0 heterocycles. The summed E-state index contributed by atoms with van der Waals surface area (Å²) in [6.45, 7) is 3.67. The Morgan fingerprint density at radius 3 is 2.50 bits per heavy atom. The van der Waals surface area contributed by atoms with Gasteiger partial charge in [-0.05, 0) is 6.42 Å². The Labute approximate surface area is 61.6 Å². The van der Waals surface area contributed by atoms with Gasteiger partial charge < -0.3 is 9.90 Å². The molecule has 0 aromatic carbocycles. The van der Waals surface area contributed by atoms with E-state index in [0.717, 1.165) is 6.29 Å². The summed E-state index contributed by atoms with van der Waals surface area (Å²) in [7, 11) is 0. The summed E-state index contributed by atoms with van der Waals surface area (Å²) in [5, 5.41) is 9.00. The third kappa shape index (κ3) is 4.27. The number of hydrogen-bond donors (Lipinski definition) is 1. The van der Waals surface area contributed by atoms with Crippen LogP contribution in [0.15, 0.2) is 12.2 Å². The zero-order chi connectivity index (χ0) is 7.98. The molecule has 0 aliphatic rings. The topological polar surface area (TPSA) is 37.3 Å². The van der Waals surface area contributed by atoms with Gasteiger partial charge in [0.05, 0.1) is 6.10 Å². The Bertz CT molecular complexity index is 118. The van der Waals surface area contributed by atoms with Crippen molar-refractivity contribution in [2.45, 2.75) is 26.4 Å². The fourth-order valence-corrected chi connectivity index (χ4v) is 0.485. The SMILES string of the molecule is CCC(O)/C=C/C(C)C=O. The molecule has 0 aromatic heterocycles. The van der Waals surface area contributed by atoms with Gasteiger partial charge in [-0.25, -0.2) is 0 Å². The molecule has 2 unspecified atom stereocenters. The Balaban J connectivity index is 3.62. The summed E-state index contributed by atoms with van der Waals surface area (Å²) in [4.78, 5) is 10.1. The van der Waals surface area contributed by atoms with Crippen molar-refractivity contribution in [1.82, 2.24) is 0 Å². The van der Waals surface area contributed by atoms with E-state index in [1.54, 1.807) is 19.1 Å². The van der Waals surface area contributed by atoms with E-state index in [9.17, 15) is 4.79 Å². The molecule has 2 atom stereocenters. The normalized spacial score (nSPS) is 17.1. The number of aliphatic hydroxyl groups excluding tert-OH is 1. The molecule has 1 N–H and O–H groups in total. The molecule has 2 nitrogen and oxygen atoms in total. The molecule has 0 saturated carbocycles. The molecule has 58 valence electrons. The van der Waals surface area contributed by atoms with Gasteiger partial charge in [0.1, 0.15) is 6.29 Å². The highest BCUT2D eigenvalue weighted by atomic mass is 16.3. The Morgan fingerprint density at radius 2 is 2.10 bits per heavy atom. The summed E-state index contributed by atoms with van der Waals surface area (Å²) in [6, 6.07) is 0. The first kappa shape index (κ1) is 9.37. The number of rotatable bonds is 4. The van der Waals surface area contributed by atoms with Crippen molar-refractivity contribution < 1.29 is 9.90 Å². The molecule has 0 aliphatic carbocycles. The third-order valence-corrected chi connectivity index (χ3v) is 1.27. The van der Waals surface area contributed by atoms with Crippen LogP contribution in [0.25, 0.3) is 0 Å². The molecule has 0 aliphatic heterocycles. The minimum Gasteiger partial charge on any atom is -0.389 e. The van der Waals surface area contributed by atoms with Gasteiger partial charge in [0, 0.05) is 5.92 Å². The standard InChI is InChI=1S/C8H14O2/c1-3-8(10)5-4-7(2)6-9/h4-8,10H,3H2,1-2H3/b5-4+.